The summed E-state index contributed by atoms with van der Waals surface area (Å²) >= 11 is 6.04. The molecule has 8 nitrogen and oxygen atoms in total. The van der Waals surface area contributed by atoms with E-state index in [1.807, 2.05) is 20.8 Å². The molecule has 1 saturated heterocycles. The third kappa shape index (κ3) is 2.03. The number of nitrogens with zero attached hydrogens (tertiary/aromatic N) is 7. The van der Waals surface area contributed by atoms with Crippen molar-refractivity contribution in [1.29, 1.82) is 0 Å². The Labute approximate surface area is 132 Å². The van der Waals surface area contributed by atoms with E-state index in [2.05, 4.69) is 25.0 Å². The van der Waals surface area contributed by atoms with Crippen molar-refractivity contribution in [3.8, 4) is 0 Å². The summed E-state index contributed by atoms with van der Waals surface area (Å²) in [7, 11) is 0. The van der Waals surface area contributed by atoms with Crippen molar-refractivity contribution >= 4 is 22.8 Å². The maximum Gasteiger partial charge on any atom is 0.166 e. The van der Waals surface area contributed by atoms with Crippen molar-refractivity contribution < 1.29 is 4.74 Å². The first-order valence-corrected chi connectivity index (χ1v) is 7.45. The number of imidazole rings is 1. The lowest BCUT2D eigenvalue weighted by Gasteiger charge is -2.29. The first-order valence-electron chi connectivity index (χ1n) is 7.07. The van der Waals surface area contributed by atoms with Gasteiger partial charge in [-0.25, -0.2) is 15.0 Å². The maximum absolute atomic E-state index is 8.97. The van der Waals surface area contributed by atoms with Crippen molar-refractivity contribution in [2.24, 2.45) is 11.0 Å². The average molecular weight is 322 g/mol. The van der Waals surface area contributed by atoms with Crippen molar-refractivity contribution in [2.45, 2.75) is 45.1 Å². The van der Waals surface area contributed by atoms with Crippen LogP contribution in [0.15, 0.2) is 17.8 Å². The number of hydrogen-bond acceptors (Lipinski definition) is 5. The van der Waals surface area contributed by atoms with Gasteiger partial charge in [0.15, 0.2) is 10.8 Å². The van der Waals surface area contributed by atoms with E-state index in [1.165, 1.54) is 6.33 Å². The largest absolute Gasteiger partial charge is 0.354 e. The Balaban J connectivity index is 2.16. The van der Waals surface area contributed by atoms with E-state index in [1.54, 1.807) is 10.9 Å². The van der Waals surface area contributed by atoms with E-state index in [0.717, 1.165) is 6.42 Å². The highest BCUT2D eigenvalue weighted by Crippen LogP contribution is 2.47. The van der Waals surface area contributed by atoms with Gasteiger partial charge in [-0.1, -0.05) is 30.6 Å². The molecule has 0 N–H and O–H groups in total. The third-order valence-electron chi connectivity index (χ3n) is 4.51. The summed E-state index contributed by atoms with van der Waals surface area (Å²) in [6, 6.07) is 0. The smallest absolute Gasteiger partial charge is 0.166 e. The highest BCUT2D eigenvalue weighted by Gasteiger charge is 2.51. The molecule has 2 aromatic rings. The molecular weight excluding hydrogens is 306 g/mol. The molecule has 22 heavy (non-hydrogen) atoms. The van der Waals surface area contributed by atoms with Crippen LogP contribution in [-0.2, 0) is 4.74 Å². The molecule has 3 rings (SSSR count). The van der Waals surface area contributed by atoms with Gasteiger partial charge in [0.2, 0.25) is 0 Å². The average Bonchev–Trinajstić information content (AvgIpc) is 3.02. The van der Waals surface area contributed by atoms with E-state index in [0.29, 0.717) is 11.2 Å². The Morgan fingerprint density at radius 2 is 2.27 bits per heavy atom. The summed E-state index contributed by atoms with van der Waals surface area (Å²) in [4.78, 5) is 15.4. The van der Waals surface area contributed by atoms with Gasteiger partial charge in [-0.2, -0.15) is 0 Å². The number of hydrogen-bond donors (Lipinski definition) is 0. The van der Waals surface area contributed by atoms with E-state index in [-0.39, 0.29) is 17.2 Å². The van der Waals surface area contributed by atoms with Crippen molar-refractivity contribution in [1.82, 2.24) is 19.5 Å². The van der Waals surface area contributed by atoms with Crippen LogP contribution in [0.4, 0.5) is 0 Å². The fraction of sp³-hybridized carbons (Fsp3) is 0.615. The molecule has 3 heterocycles. The number of aromatic nitrogens is 4. The van der Waals surface area contributed by atoms with Gasteiger partial charge in [0.1, 0.15) is 18.1 Å². The minimum atomic E-state index is -0.736. The van der Waals surface area contributed by atoms with Crippen LogP contribution in [-0.4, -0.2) is 31.2 Å². The molecule has 2 aromatic heterocycles. The topological polar surface area (TPSA) is 102 Å². The number of rotatable bonds is 3. The summed E-state index contributed by atoms with van der Waals surface area (Å²) in [6.45, 7) is 5.97. The molecule has 0 saturated carbocycles. The quantitative estimate of drug-likeness (QED) is 0.373. The Morgan fingerprint density at radius 1 is 1.50 bits per heavy atom. The first-order chi connectivity index (χ1) is 10.5. The SMILES string of the molecule is CC[C@H]1OC(n2cnc3c(Cl)ncnc32)[C@](C)(N=[N+]=[N-])[C@@H]1C. The van der Waals surface area contributed by atoms with Crippen LogP contribution < -0.4 is 0 Å². The van der Waals surface area contributed by atoms with Crippen LogP contribution in [0.3, 0.4) is 0 Å². The van der Waals surface area contributed by atoms with Gasteiger partial charge in [0.25, 0.3) is 0 Å². The van der Waals surface area contributed by atoms with Crippen LogP contribution in [0.2, 0.25) is 5.15 Å². The van der Waals surface area contributed by atoms with Gasteiger partial charge in [-0.15, -0.1) is 0 Å². The lowest BCUT2D eigenvalue weighted by molar-refractivity contribution is -0.0164. The second-order valence-corrected chi connectivity index (χ2v) is 5.99. The van der Waals surface area contributed by atoms with Crippen molar-refractivity contribution in [3.05, 3.63) is 28.3 Å². The maximum atomic E-state index is 8.97. The van der Waals surface area contributed by atoms with Crippen LogP contribution in [0.1, 0.15) is 33.4 Å². The van der Waals surface area contributed by atoms with E-state index in [4.69, 9.17) is 21.9 Å². The third-order valence-corrected chi connectivity index (χ3v) is 4.79. The second kappa shape index (κ2) is 5.39. The van der Waals surface area contributed by atoms with Gasteiger partial charge in [-0.3, -0.25) is 4.57 Å². The molecule has 0 bridgehead atoms. The molecule has 1 aliphatic heterocycles. The fourth-order valence-corrected chi connectivity index (χ4v) is 3.23. The molecule has 1 unspecified atom stereocenters. The molecule has 0 aromatic carbocycles. The molecular formula is C13H16ClN7O. The van der Waals surface area contributed by atoms with E-state index >= 15 is 0 Å². The summed E-state index contributed by atoms with van der Waals surface area (Å²) in [5.41, 5.74) is 9.30. The first kappa shape index (κ1) is 15.0. The zero-order chi connectivity index (χ0) is 15.9. The molecule has 1 aliphatic rings. The van der Waals surface area contributed by atoms with Gasteiger partial charge >= 0.3 is 0 Å². The lowest BCUT2D eigenvalue weighted by atomic mass is 9.84. The van der Waals surface area contributed by atoms with Gasteiger partial charge < -0.3 is 4.74 Å². The van der Waals surface area contributed by atoms with Crippen molar-refractivity contribution in [2.75, 3.05) is 0 Å². The van der Waals surface area contributed by atoms with Gasteiger partial charge in [0, 0.05) is 4.91 Å². The molecule has 9 heteroatoms. The summed E-state index contributed by atoms with van der Waals surface area (Å²) < 4.78 is 7.91. The number of ether oxygens (including phenoxy) is 1. The molecule has 4 atom stereocenters. The predicted molar refractivity (Wildman–Crippen MR) is 81.2 cm³/mol. The minimum Gasteiger partial charge on any atom is -0.354 e. The van der Waals surface area contributed by atoms with Gasteiger partial charge in [-0.05, 0) is 24.8 Å². The zero-order valence-corrected chi connectivity index (χ0v) is 13.3. The second-order valence-electron chi connectivity index (χ2n) is 5.63. The molecule has 0 radical (unpaired) electrons. The molecule has 0 spiro atoms. The standard InChI is InChI=1S/C13H16ClN7O/c1-4-8-7(2)13(3,19-20-15)12(22-8)21-6-18-9-10(14)16-5-17-11(9)21/h5-8,12H,4H2,1-3H3/t7-,8-,12?,13-/m1/s1. The van der Waals surface area contributed by atoms with E-state index in [9.17, 15) is 0 Å². The lowest BCUT2D eigenvalue weighted by Crippen LogP contribution is -2.35. The molecule has 0 aliphatic carbocycles. The van der Waals surface area contributed by atoms with Crippen LogP contribution >= 0.6 is 11.6 Å². The van der Waals surface area contributed by atoms with E-state index < -0.39 is 11.8 Å². The minimum absolute atomic E-state index is 0.00439. The number of azide groups is 1. The highest BCUT2D eigenvalue weighted by molar-refractivity contribution is 6.33. The molecule has 0 amide bonds. The van der Waals surface area contributed by atoms with Crippen LogP contribution in [0.25, 0.3) is 21.6 Å². The number of fused-ring (bicyclic) bond motifs is 1. The normalized spacial score (nSPS) is 31.4. The zero-order valence-electron chi connectivity index (χ0n) is 12.5. The molecule has 1 fully saturated rings. The Morgan fingerprint density at radius 3 is 2.95 bits per heavy atom. The summed E-state index contributed by atoms with van der Waals surface area (Å²) in [5, 5.41) is 4.32. The highest BCUT2D eigenvalue weighted by atomic mass is 35.5. The Hall–Kier alpha value is -1.89. The number of halogens is 1. The van der Waals surface area contributed by atoms with Crippen molar-refractivity contribution in [3.63, 3.8) is 0 Å². The fourth-order valence-electron chi connectivity index (χ4n) is 3.05. The Bertz CT molecular complexity index is 756. The van der Waals surface area contributed by atoms with Gasteiger partial charge in [0.05, 0.1) is 18.0 Å². The molecule has 116 valence electrons. The summed E-state index contributed by atoms with van der Waals surface area (Å²) in [5.74, 6) is 0.0631. The monoisotopic (exact) mass is 321 g/mol. The van der Waals surface area contributed by atoms with Crippen LogP contribution in [0.5, 0.6) is 0 Å². The predicted octanol–water partition coefficient (Wildman–Crippen LogP) is 3.49. The Kier molecular flexibility index (Phi) is 3.68. The van der Waals surface area contributed by atoms with Crippen LogP contribution in [0, 0.1) is 5.92 Å². The summed E-state index contributed by atoms with van der Waals surface area (Å²) in [6.07, 6.45) is 3.32.